The van der Waals surface area contributed by atoms with E-state index in [1.165, 1.54) is 7.11 Å². The average molecular weight is 229 g/mol. The van der Waals surface area contributed by atoms with E-state index in [4.69, 9.17) is 0 Å². The van der Waals surface area contributed by atoms with Crippen LogP contribution in [0.15, 0.2) is 11.6 Å². The molecular weight excluding hydrogens is 206 g/mol. The molecule has 0 rings (SSSR count). The van der Waals surface area contributed by atoms with Gasteiger partial charge in [-0.05, 0) is 19.8 Å². The Morgan fingerprint density at radius 1 is 1.44 bits per heavy atom. The lowest BCUT2D eigenvalue weighted by atomic mass is 9.94. The van der Waals surface area contributed by atoms with E-state index in [2.05, 4.69) is 10.1 Å². The van der Waals surface area contributed by atoms with Gasteiger partial charge in [-0.2, -0.15) is 0 Å². The fraction of sp³-hybridized carbons (Fsp3) is 0.750. The summed E-state index contributed by atoms with van der Waals surface area (Å²) in [5, 5.41) is 12.6. The standard InChI is InChI=1S/C12H23NO3/c1-5-12(6-2,9-14)13-8-7-10(3)11(15)16-4/h7,13-14H,5-6,8-9H2,1-4H3/b10-7-. The van der Waals surface area contributed by atoms with Gasteiger partial charge in [0.15, 0.2) is 0 Å². The van der Waals surface area contributed by atoms with Gasteiger partial charge in [-0.25, -0.2) is 4.79 Å². The summed E-state index contributed by atoms with van der Waals surface area (Å²) in [6.07, 6.45) is 3.48. The first kappa shape index (κ1) is 15.1. The highest BCUT2D eigenvalue weighted by Gasteiger charge is 2.23. The number of hydrogen-bond acceptors (Lipinski definition) is 4. The second-order valence-corrected chi connectivity index (χ2v) is 3.91. The first-order valence-electron chi connectivity index (χ1n) is 5.66. The second kappa shape index (κ2) is 7.41. The van der Waals surface area contributed by atoms with Crippen LogP contribution in [0.5, 0.6) is 0 Å². The van der Waals surface area contributed by atoms with Crippen LogP contribution in [0, 0.1) is 0 Å². The molecule has 0 amide bonds. The van der Waals surface area contributed by atoms with E-state index in [-0.39, 0.29) is 18.1 Å². The highest BCUT2D eigenvalue weighted by molar-refractivity contribution is 5.87. The van der Waals surface area contributed by atoms with Crippen LogP contribution in [0.1, 0.15) is 33.6 Å². The van der Waals surface area contributed by atoms with E-state index in [1.807, 2.05) is 13.8 Å². The predicted octanol–water partition coefficient (Wildman–Crippen LogP) is 1.25. The van der Waals surface area contributed by atoms with Crippen LogP contribution in [0.3, 0.4) is 0 Å². The summed E-state index contributed by atoms with van der Waals surface area (Å²) in [6.45, 7) is 6.44. The molecule has 0 fully saturated rings. The Morgan fingerprint density at radius 3 is 2.38 bits per heavy atom. The number of aliphatic hydroxyl groups excluding tert-OH is 1. The predicted molar refractivity (Wildman–Crippen MR) is 64.2 cm³/mol. The lowest BCUT2D eigenvalue weighted by molar-refractivity contribution is -0.136. The molecule has 16 heavy (non-hydrogen) atoms. The van der Waals surface area contributed by atoms with Crippen LogP contribution in [-0.2, 0) is 9.53 Å². The molecule has 0 aromatic rings. The van der Waals surface area contributed by atoms with Gasteiger partial charge in [-0.3, -0.25) is 0 Å². The highest BCUT2D eigenvalue weighted by Crippen LogP contribution is 2.13. The Hall–Kier alpha value is -0.870. The van der Waals surface area contributed by atoms with Gasteiger partial charge < -0.3 is 15.2 Å². The van der Waals surface area contributed by atoms with Gasteiger partial charge in [0.1, 0.15) is 0 Å². The van der Waals surface area contributed by atoms with E-state index in [0.717, 1.165) is 12.8 Å². The Bertz CT molecular complexity index is 236. The van der Waals surface area contributed by atoms with E-state index in [0.29, 0.717) is 12.1 Å². The van der Waals surface area contributed by atoms with Crippen molar-refractivity contribution < 1.29 is 14.6 Å². The number of rotatable bonds is 7. The van der Waals surface area contributed by atoms with Crippen molar-refractivity contribution in [2.75, 3.05) is 20.3 Å². The van der Waals surface area contributed by atoms with Crippen LogP contribution in [0.2, 0.25) is 0 Å². The van der Waals surface area contributed by atoms with E-state index >= 15 is 0 Å². The van der Waals surface area contributed by atoms with Crippen molar-refractivity contribution in [1.29, 1.82) is 0 Å². The molecule has 0 aromatic heterocycles. The third kappa shape index (κ3) is 4.33. The number of methoxy groups -OCH3 is 1. The molecule has 0 heterocycles. The molecule has 0 bridgehead atoms. The number of ether oxygens (including phenoxy) is 1. The fourth-order valence-corrected chi connectivity index (χ4v) is 1.44. The van der Waals surface area contributed by atoms with Gasteiger partial charge in [0.2, 0.25) is 0 Å². The summed E-state index contributed by atoms with van der Waals surface area (Å²) >= 11 is 0. The minimum absolute atomic E-state index is 0.102. The van der Waals surface area contributed by atoms with Gasteiger partial charge in [0, 0.05) is 17.7 Å². The first-order chi connectivity index (χ1) is 7.55. The summed E-state index contributed by atoms with van der Waals surface area (Å²) < 4.78 is 4.59. The van der Waals surface area contributed by atoms with Crippen molar-refractivity contribution in [3.63, 3.8) is 0 Å². The van der Waals surface area contributed by atoms with Gasteiger partial charge in [-0.15, -0.1) is 0 Å². The maximum Gasteiger partial charge on any atom is 0.333 e. The van der Waals surface area contributed by atoms with Crippen molar-refractivity contribution >= 4 is 5.97 Å². The fourth-order valence-electron chi connectivity index (χ4n) is 1.44. The van der Waals surface area contributed by atoms with Crippen molar-refractivity contribution in [2.45, 2.75) is 39.2 Å². The molecule has 0 aliphatic carbocycles. The van der Waals surface area contributed by atoms with Crippen LogP contribution in [0.25, 0.3) is 0 Å². The van der Waals surface area contributed by atoms with Gasteiger partial charge in [0.25, 0.3) is 0 Å². The van der Waals surface area contributed by atoms with Gasteiger partial charge in [0.05, 0.1) is 13.7 Å². The molecule has 0 aliphatic rings. The largest absolute Gasteiger partial charge is 0.466 e. The van der Waals surface area contributed by atoms with Crippen molar-refractivity contribution in [1.82, 2.24) is 5.32 Å². The normalized spacial score (nSPS) is 12.7. The minimum atomic E-state index is -0.315. The molecule has 2 N–H and O–H groups in total. The molecule has 4 nitrogen and oxygen atoms in total. The van der Waals surface area contributed by atoms with Gasteiger partial charge in [-0.1, -0.05) is 19.9 Å². The molecule has 4 heteroatoms. The summed E-state index contributed by atoms with van der Waals surface area (Å²) in [7, 11) is 1.36. The summed E-state index contributed by atoms with van der Waals surface area (Å²) in [6, 6.07) is 0. The molecule has 94 valence electrons. The number of carbonyl (C=O) groups is 1. The molecular formula is C12H23NO3. The molecule has 0 unspecified atom stereocenters. The zero-order chi connectivity index (χ0) is 12.6. The van der Waals surface area contributed by atoms with E-state index in [1.54, 1.807) is 13.0 Å². The lowest BCUT2D eigenvalue weighted by Crippen LogP contribution is -2.47. The van der Waals surface area contributed by atoms with Crippen molar-refractivity contribution in [3.05, 3.63) is 11.6 Å². The van der Waals surface area contributed by atoms with E-state index in [9.17, 15) is 9.90 Å². The van der Waals surface area contributed by atoms with Crippen LogP contribution >= 0.6 is 0 Å². The van der Waals surface area contributed by atoms with Crippen molar-refractivity contribution in [2.24, 2.45) is 0 Å². The molecule has 0 radical (unpaired) electrons. The monoisotopic (exact) mass is 229 g/mol. The lowest BCUT2D eigenvalue weighted by Gasteiger charge is -2.30. The highest BCUT2D eigenvalue weighted by atomic mass is 16.5. The summed E-state index contributed by atoms with van der Waals surface area (Å²) in [5.74, 6) is -0.315. The van der Waals surface area contributed by atoms with Crippen LogP contribution in [-0.4, -0.2) is 36.9 Å². The quantitative estimate of drug-likeness (QED) is 0.509. The number of nitrogens with one attached hydrogen (secondary N) is 1. The first-order valence-corrected chi connectivity index (χ1v) is 5.66. The third-order valence-electron chi connectivity index (χ3n) is 3.05. The maximum atomic E-state index is 11.1. The van der Waals surface area contributed by atoms with Crippen LogP contribution < -0.4 is 5.32 Å². The topological polar surface area (TPSA) is 58.6 Å². The third-order valence-corrected chi connectivity index (χ3v) is 3.05. The van der Waals surface area contributed by atoms with Gasteiger partial charge >= 0.3 is 5.97 Å². The number of hydrogen-bond donors (Lipinski definition) is 2. The Morgan fingerprint density at radius 2 is 2.00 bits per heavy atom. The second-order valence-electron chi connectivity index (χ2n) is 3.91. The Labute approximate surface area is 97.7 Å². The number of aliphatic hydroxyl groups is 1. The van der Waals surface area contributed by atoms with Crippen LogP contribution in [0.4, 0.5) is 0 Å². The Balaban J connectivity index is 4.28. The zero-order valence-electron chi connectivity index (χ0n) is 10.7. The molecule has 0 atom stereocenters. The zero-order valence-corrected chi connectivity index (χ0v) is 10.7. The number of esters is 1. The molecule has 0 aromatic carbocycles. The summed E-state index contributed by atoms with van der Waals surface area (Å²) in [5.41, 5.74) is 0.335. The maximum absolute atomic E-state index is 11.1. The number of carbonyl (C=O) groups excluding carboxylic acids is 1. The molecule has 0 saturated heterocycles. The van der Waals surface area contributed by atoms with E-state index < -0.39 is 0 Å². The molecule has 0 saturated carbocycles. The summed E-state index contributed by atoms with van der Waals surface area (Å²) in [4.78, 5) is 11.1. The minimum Gasteiger partial charge on any atom is -0.466 e. The molecule has 0 aliphatic heterocycles. The SMILES string of the molecule is CCC(CC)(CO)NC/C=C(/C)C(=O)OC. The Kier molecular flexibility index (Phi) is 7.01. The molecule has 0 spiro atoms. The van der Waals surface area contributed by atoms with Crippen molar-refractivity contribution in [3.8, 4) is 0 Å². The smallest absolute Gasteiger partial charge is 0.333 e. The average Bonchev–Trinajstić information content (AvgIpc) is 2.34.